The van der Waals surface area contributed by atoms with E-state index in [-0.39, 0.29) is 31.0 Å². The first-order valence-corrected chi connectivity index (χ1v) is 11.8. The maximum Gasteiger partial charge on any atom is 0.272 e. The Morgan fingerprint density at radius 2 is 1.63 bits per heavy atom. The molecule has 2 aromatic carbocycles. The number of carbonyl (C=O) groups excluding carboxylic acids is 1. The number of aromatic nitrogens is 2. The van der Waals surface area contributed by atoms with Gasteiger partial charge in [0.05, 0.1) is 19.2 Å². The van der Waals surface area contributed by atoms with Crippen LogP contribution in [0.2, 0.25) is 0 Å². The Balaban J connectivity index is 0.000000278. The summed E-state index contributed by atoms with van der Waals surface area (Å²) in [6.45, 7) is -0.997. The smallest absolute Gasteiger partial charge is 0.272 e. The number of nitrogens with one attached hydrogen (secondary N) is 1. The third-order valence-electron chi connectivity index (χ3n) is 5.22. The van der Waals surface area contributed by atoms with Gasteiger partial charge in [0.25, 0.3) is 6.43 Å². The number of nitrogens with zero attached hydrogens (tertiary/aromatic N) is 2. The topological polar surface area (TPSA) is 112 Å². The van der Waals surface area contributed by atoms with Crippen LogP contribution in [0.3, 0.4) is 0 Å². The van der Waals surface area contributed by atoms with Crippen molar-refractivity contribution in [2.45, 2.75) is 6.43 Å². The fourth-order valence-electron chi connectivity index (χ4n) is 3.37. The summed E-state index contributed by atoms with van der Waals surface area (Å²) >= 11 is 0. The highest BCUT2D eigenvalue weighted by Crippen LogP contribution is 2.38. The number of hydrogen-bond acceptors (Lipinski definition) is 9. The Bertz CT molecular complexity index is 1470. The molecule has 2 aromatic heterocycles. The fraction of sp³-hybridized carbons (Fsp3) is 0.222. The molecular weight excluding hydrogens is 557 g/mol. The maximum atomic E-state index is 14.3. The molecular formula is C27H24F5N3O6. The van der Waals surface area contributed by atoms with Crippen LogP contribution in [0.5, 0.6) is 28.7 Å². The van der Waals surface area contributed by atoms with Gasteiger partial charge in [-0.1, -0.05) is 0 Å². The number of carbonyl (C=O) groups is 1. The van der Waals surface area contributed by atoms with Gasteiger partial charge in [0.15, 0.2) is 35.2 Å². The van der Waals surface area contributed by atoms with Crippen molar-refractivity contribution in [3.63, 3.8) is 0 Å². The molecule has 0 bridgehead atoms. The number of halogens is 5. The summed E-state index contributed by atoms with van der Waals surface area (Å²) in [7, 11) is 3.04. The lowest BCUT2D eigenvalue weighted by Crippen LogP contribution is -2.09. The molecule has 4 rings (SSSR count). The van der Waals surface area contributed by atoms with Gasteiger partial charge in [-0.3, -0.25) is 9.78 Å². The summed E-state index contributed by atoms with van der Waals surface area (Å²) in [5.41, 5.74) is 0.336. The number of ether oxygens (including phenoxy) is 4. The molecule has 0 fully saturated rings. The van der Waals surface area contributed by atoms with Gasteiger partial charge in [-0.2, -0.15) is 4.39 Å². The number of hydrogen-bond donors (Lipinski definition) is 2. The van der Waals surface area contributed by atoms with Crippen molar-refractivity contribution in [3.8, 4) is 28.7 Å². The largest absolute Gasteiger partial charge is 0.493 e. The fourth-order valence-corrected chi connectivity index (χ4v) is 3.37. The van der Waals surface area contributed by atoms with Crippen LogP contribution in [-0.4, -0.2) is 61.8 Å². The summed E-state index contributed by atoms with van der Waals surface area (Å²) in [6, 6.07) is 8.13. The lowest BCUT2D eigenvalue weighted by molar-refractivity contribution is 0.0805. The summed E-state index contributed by atoms with van der Waals surface area (Å²) in [5, 5.41) is 12.1. The van der Waals surface area contributed by atoms with Gasteiger partial charge in [0.2, 0.25) is 5.95 Å². The Hall–Kier alpha value is -4.72. The molecule has 218 valence electrons. The molecule has 0 saturated carbocycles. The lowest BCUT2D eigenvalue weighted by Gasteiger charge is -2.14. The van der Waals surface area contributed by atoms with Crippen LogP contribution >= 0.6 is 0 Å². The van der Waals surface area contributed by atoms with Gasteiger partial charge in [-0.25, -0.2) is 22.5 Å². The van der Waals surface area contributed by atoms with E-state index in [0.717, 1.165) is 24.4 Å². The normalized spacial score (nSPS) is 10.6. The average Bonchev–Trinajstić information content (AvgIpc) is 2.96. The highest BCUT2D eigenvalue weighted by Gasteiger charge is 2.17. The summed E-state index contributed by atoms with van der Waals surface area (Å²) < 4.78 is 85.5. The number of aliphatic hydroxyl groups is 1. The van der Waals surface area contributed by atoms with Crippen molar-refractivity contribution in [1.29, 1.82) is 0 Å². The number of anilines is 1. The first kappa shape index (κ1) is 30.8. The number of rotatable bonds is 11. The molecule has 0 saturated heterocycles. The maximum absolute atomic E-state index is 14.3. The van der Waals surface area contributed by atoms with Crippen LogP contribution < -0.4 is 24.3 Å². The number of methoxy groups -OCH3 is 1. The first-order valence-electron chi connectivity index (χ1n) is 11.8. The number of pyridine rings is 2. The Morgan fingerprint density at radius 1 is 0.951 bits per heavy atom. The lowest BCUT2D eigenvalue weighted by atomic mass is 10.1. The summed E-state index contributed by atoms with van der Waals surface area (Å²) in [6.07, 6.45) is -0.0131. The predicted molar refractivity (Wildman–Crippen MR) is 138 cm³/mol. The third-order valence-corrected chi connectivity index (χ3v) is 5.22. The van der Waals surface area contributed by atoms with Gasteiger partial charge >= 0.3 is 0 Å². The predicted octanol–water partition coefficient (Wildman–Crippen LogP) is 5.40. The summed E-state index contributed by atoms with van der Waals surface area (Å²) in [4.78, 5) is 17.7. The Labute approximate surface area is 230 Å². The van der Waals surface area contributed by atoms with E-state index < -0.39 is 41.9 Å². The van der Waals surface area contributed by atoms with Gasteiger partial charge in [-0.15, -0.1) is 0 Å². The molecule has 14 heteroatoms. The number of aliphatic hydroxyl groups excluding tert-OH is 1. The number of alkyl halides is 2. The van der Waals surface area contributed by atoms with Gasteiger partial charge in [-0.05, 0) is 18.2 Å². The SMILES string of the molecule is CNc1cc(F)c(Oc2ccnc3cc(OC)c(OCCO)cc23)c(F)c1.O=Cc1c(OCC(F)F)ccnc1F. The first-order chi connectivity index (χ1) is 19.7. The average molecular weight is 581 g/mol. The minimum Gasteiger partial charge on any atom is -0.493 e. The molecule has 0 radical (unpaired) electrons. The van der Waals surface area contributed by atoms with Crippen LogP contribution in [-0.2, 0) is 0 Å². The highest BCUT2D eigenvalue weighted by molar-refractivity contribution is 5.88. The van der Waals surface area contributed by atoms with E-state index in [0.29, 0.717) is 28.1 Å². The van der Waals surface area contributed by atoms with Crippen molar-refractivity contribution in [1.82, 2.24) is 9.97 Å². The van der Waals surface area contributed by atoms with Crippen LogP contribution in [0.4, 0.5) is 27.6 Å². The van der Waals surface area contributed by atoms with Gasteiger partial charge in [0, 0.05) is 48.7 Å². The highest BCUT2D eigenvalue weighted by atomic mass is 19.3. The molecule has 0 aliphatic carbocycles. The number of fused-ring (bicyclic) bond motifs is 1. The van der Waals surface area contributed by atoms with E-state index in [4.69, 9.17) is 19.3 Å². The molecule has 0 spiro atoms. The van der Waals surface area contributed by atoms with E-state index in [1.807, 2.05) is 0 Å². The molecule has 0 unspecified atom stereocenters. The molecule has 9 nitrogen and oxygen atoms in total. The Morgan fingerprint density at radius 3 is 2.24 bits per heavy atom. The van der Waals surface area contributed by atoms with Gasteiger partial charge in [0.1, 0.15) is 30.3 Å². The molecule has 0 aliphatic rings. The van der Waals surface area contributed by atoms with Crippen LogP contribution in [0.25, 0.3) is 10.9 Å². The minimum absolute atomic E-state index is 0.0626. The third kappa shape index (κ3) is 7.91. The molecule has 41 heavy (non-hydrogen) atoms. The van der Waals surface area contributed by atoms with Crippen molar-refractivity contribution >= 4 is 22.9 Å². The van der Waals surface area contributed by atoms with Crippen LogP contribution in [0.1, 0.15) is 10.4 Å². The van der Waals surface area contributed by atoms with Crippen molar-refractivity contribution < 1.29 is 50.8 Å². The van der Waals surface area contributed by atoms with E-state index in [1.165, 1.54) is 19.4 Å². The van der Waals surface area contributed by atoms with E-state index in [2.05, 4.69) is 20.0 Å². The van der Waals surface area contributed by atoms with Crippen molar-refractivity contribution in [2.75, 3.05) is 39.3 Å². The summed E-state index contributed by atoms with van der Waals surface area (Å²) in [5.74, 6) is -2.50. The monoisotopic (exact) mass is 581 g/mol. The molecule has 0 aliphatic heterocycles. The van der Waals surface area contributed by atoms with Crippen molar-refractivity contribution in [3.05, 3.63) is 71.9 Å². The quantitative estimate of drug-likeness (QED) is 0.137. The van der Waals surface area contributed by atoms with Crippen molar-refractivity contribution in [2.24, 2.45) is 0 Å². The zero-order valence-electron chi connectivity index (χ0n) is 21.7. The minimum atomic E-state index is -2.68. The van der Waals surface area contributed by atoms with E-state index in [9.17, 15) is 26.7 Å². The molecule has 0 atom stereocenters. The van der Waals surface area contributed by atoms with Gasteiger partial charge < -0.3 is 29.4 Å². The Kier molecular flexibility index (Phi) is 11.0. The second kappa shape index (κ2) is 14.6. The molecule has 2 N–H and O–H groups in total. The van der Waals surface area contributed by atoms with E-state index in [1.54, 1.807) is 19.2 Å². The molecule has 4 aromatic rings. The number of benzene rings is 2. The zero-order chi connectivity index (χ0) is 29.9. The second-order valence-corrected chi connectivity index (χ2v) is 7.86. The second-order valence-electron chi connectivity index (χ2n) is 7.86. The zero-order valence-corrected chi connectivity index (χ0v) is 21.7. The molecule has 2 heterocycles. The number of aldehydes is 1. The van der Waals surface area contributed by atoms with Crippen LogP contribution in [0.15, 0.2) is 48.8 Å². The standard InChI is InChI=1S/C19H18F2N2O4.C8H6F3NO2/c1-22-11-7-13(20)19(14(21)8-11)27-16-3-4-23-15-10-17(25-2)18(9-12(15)16)26-6-5-24;9-7(10)4-14-6-1-2-12-8(11)5(6)3-13/h3-4,7-10,22,24H,5-6H2,1-2H3;1-3,7H,4H2. The molecule has 0 amide bonds. The van der Waals surface area contributed by atoms with E-state index >= 15 is 0 Å². The van der Waals surface area contributed by atoms with Crippen LogP contribution in [0, 0.1) is 17.6 Å².